The Morgan fingerprint density at radius 1 is 1.40 bits per heavy atom. The van der Waals surface area contributed by atoms with Gasteiger partial charge < -0.3 is 21.3 Å². The molecule has 1 aromatic rings. The summed E-state index contributed by atoms with van der Waals surface area (Å²) in [7, 11) is 1.57. The van der Waals surface area contributed by atoms with Crippen molar-refractivity contribution in [2.24, 2.45) is 0 Å². The first-order valence-electron chi connectivity index (χ1n) is 6.51. The Kier molecular flexibility index (Phi) is 6.23. The van der Waals surface area contributed by atoms with Gasteiger partial charge in [-0.05, 0) is 13.3 Å². The predicted octanol–water partition coefficient (Wildman–Crippen LogP) is 0.755. The summed E-state index contributed by atoms with van der Waals surface area (Å²) in [5, 5.41) is 6.34. The Bertz CT molecular complexity index is 474. The molecule has 0 aliphatic heterocycles. The van der Waals surface area contributed by atoms with Crippen LogP contribution in [0.5, 0.6) is 0 Å². The third-order valence-corrected chi connectivity index (χ3v) is 3.49. The number of aromatic nitrogens is 1. The first-order chi connectivity index (χ1) is 9.49. The van der Waals surface area contributed by atoms with E-state index in [0.717, 1.165) is 6.42 Å². The molecule has 0 aromatic carbocycles. The third kappa shape index (κ3) is 4.37. The van der Waals surface area contributed by atoms with Gasteiger partial charge in [0.2, 0.25) is 5.91 Å². The summed E-state index contributed by atoms with van der Waals surface area (Å²) in [6.07, 6.45) is 0.858. The number of likely N-dealkylation sites (N-methyl/N-ethyl adjacent to an activating group) is 1. The number of nitrogens with one attached hydrogen (secondary N) is 2. The van der Waals surface area contributed by atoms with E-state index < -0.39 is 0 Å². The van der Waals surface area contributed by atoms with Crippen LogP contribution in [-0.2, 0) is 4.79 Å². The van der Waals surface area contributed by atoms with Gasteiger partial charge in [-0.25, -0.2) is 4.98 Å². The molecule has 8 heteroatoms. The van der Waals surface area contributed by atoms with Crippen LogP contribution in [0.15, 0.2) is 0 Å². The number of nitrogens with zero attached hydrogens (tertiary/aromatic N) is 2. The summed E-state index contributed by atoms with van der Waals surface area (Å²) >= 11 is 1.20. The van der Waals surface area contributed by atoms with Crippen molar-refractivity contribution in [2.75, 3.05) is 37.7 Å². The molecule has 1 rings (SSSR count). The number of hydrogen-bond donors (Lipinski definition) is 3. The fourth-order valence-corrected chi connectivity index (χ4v) is 2.44. The molecule has 0 unspecified atom stereocenters. The molecule has 0 aliphatic rings. The van der Waals surface area contributed by atoms with Crippen LogP contribution in [0.4, 0.5) is 10.9 Å². The lowest BCUT2D eigenvalue weighted by molar-refractivity contribution is -0.121. The lowest BCUT2D eigenvalue weighted by Gasteiger charge is -2.15. The first kappa shape index (κ1) is 16.2. The van der Waals surface area contributed by atoms with Gasteiger partial charge in [0.1, 0.15) is 10.7 Å². The van der Waals surface area contributed by atoms with Crippen molar-refractivity contribution >= 4 is 34.1 Å². The second-order valence-corrected chi connectivity index (χ2v) is 5.27. The molecule has 0 saturated heterocycles. The topological polar surface area (TPSA) is 100 Å². The molecular formula is C12H21N5O2S. The van der Waals surface area contributed by atoms with Gasteiger partial charge >= 0.3 is 0 Å². The maximum atomic E-state index is 12.2. The first-order valence-corrected chi connectivity index (χ1v) is 7.33. The zero-order chi connectivity index (χ0) is 15.1. The van der Waals surface area contributed by atoms with Crippen molar-refractivity contribution < 1.29 is 9.59 Å². The minimum atomic E-state index is -0.296. The Labute approximate surface area is 122 Å². The van der Waals surface area contributed by atoms with Crippen molar-refractivity contribution in [3.05, 3.63) is 4.88 Å². The molecule has 0 spiro atoms. The van der Waals surface area contributed by atoms with E-state index in [2.05, 4.69) is 15.6 Å². The second kappa shape index (κ2) is 7.68. The van der Waals surface area contributed by atoms with Gasteiger partial charge in [0, 0.05) is 20.1 Å². The quantitative estimate of drug-likeness (QED) is 0.690. The van der Waals surface area contributed by atoms with Crippen LogP contribution in [-0.4, -0.2) is 48.4 Å². The van der Waals surface area contributed by atoms with Crippen molar-refractivity contribution in [1.29, 1.82) is 0 Å². The highest BCUT2D eigenvalue weighted by atomic mass is 32.1. The van der Waals surface area contributed by atoms with Crippen LogP contribution in [0.1, 0.15) is 29.9 Å². The summed E-state index contributed by atoms with van der Waals surface area (Å²) in [6, 6.07) is 0. The minimum absolute atomic E-state index is 0.00666. The highest BCUT2D eigenvalue weighted by Gasteiger charge is 2.21. The Morgan fingerprint density at radius 2 is 2.10 bits per heavy atom. The summed E-state index contributed by atoms with van der Waals surface area (Å²) < 4.78 is 0. The molecule has 2 amide bonds. The van der Waals surface area contributed by atoms with E-state index in [4.69, 9.17) is 5.73 Å². The Hall–Kier alpha value is -1.83. The highest BCUT2D eigenvalue weighted by molar-refractivity contribution is 7.18. The van der Waals surface area contributed by atoms with Gasteiger partial charge in [-0.2, -0.15) is 0 Å². The summed E-state index contributed by atoms with van der Waals surface area (Å²) in [5.74, 6) is -0.287. The fourth-order valence-electron chi connectivity index (χ4n) is 1.49. The largest absolute Gasteiger partial charge is 0.382 e. The molecule has 0 atom stereocenters. The van der Waals surface area contributed by atoms with E-state index in [1.165, 1.54) is 16.2 Å². The van der Waals surface area contributed by atoms with Crippen LogP contribution in [0.2, 0.25) is 0 Å². The number of nitrogen functional groups attached to an aromatic ring is 1. The molecule has 0 fully saturated rings. The van der Waals surface area contributed by atoms with Crippen LogP contribution in [0.3, 0.4) is 0 Å². The number of thiazole rings is 1. The average Bonchev–Trinajstić information content (AvgIpc) is 2.76. The van der Waals surface area contributed by atoms with Gasteiger partial charge in [-0.3, -0.25) is 9.59 Å². The van der Waals surface area contributed by atoms with Crippen LogP contribution >= 0.6 is 11.3 Å². The number of rotatable bonds is 7. The van der Waals surface area contributed by atoms with Crippen LogP contribution in [0, 0.1) is 0 Å². The molecule has 0 radical (unpaired) electrons. The molecule has 1 aromatic heterocycles. The predicted molar refractivity (Wildman–Crippen MR) is 81.0 cm³/mol. The Morgan fingerprint density at radius 3 is 2.70 bits per heavy atom. The zero-order valence-electron chi connectivity index (χ0n) is 12.0. The van der Waals surface area contributed by atoms with Gasteiger partial charge in [0.15, 0.2) is 5.13 Å². The molecule has 4 N–H and O–H groups in total. The van der Waals surface area contributed by atoms with E-state index in [-0.39, 0.29) is 24.2 Å². The smallest absolute Gasteiger partial charge is 0.268 e. The highest BCUT2D eigenvalue weighted by Crippen LogP contribution is 2.25. The third-order valence-electron chi connectivity index (χ3n) is 2.48. The monoisotopic (exact) mass is 299 g/mol. The van der Waals surface area contributed by atoms with Gasteiger partial charge in [0.05, 0.1) is 6.54 Å². The number of anilines is 2. The van der Waals surface area contributed by atoms with Gasteiger partial charge in [0.25, 0.3) is 5.91 Å². The summed E-state index contributed by atoms with van der Waals surface area (Å²) in [5.41, 5.74) is 5.73. The van der Waals surface area contributed by atoms with Crippen molar-refractivity contribution in [3.63, 3.8) is 0 Å². The van der Waals surface area contributed by atoms with Crippen molar-refractivity contribution in [2.45, 2.75) is 20.3 Å². The average molecular weight is 299 g/mol. The minimum Gasteiger partial charge on any atom is -0.382 e. The lowest BCUT2D eigenvalue weighted by atomic mass is 10.4. The molecule has 20 heavy (non-hydrogen) atoms. The zero-order valence-corrected chi connectivity index (χ0v) is 12.8. The SMILES string of the molecule is CCCNC(=O)CN(C)C(=O)c1sc(NCC)nc1N. The second-order valence-electron chi connectivity index (χ2n) is 4.27. The normalized spacial score (nSPS) is 10.2. The lowest BCUT2D eigenvalue weighted by Crippen LogP contribution is -2.38. The van der Waals surface area contributed by atoms with E-state index in [1.54, 1.807) is 7.05 Å². The fraction of sp³-hybridized carbons (Fsp3) is 0.583. The maximum Gasteiger partial charge on any atom is 0.268 e. The molecule has 112 valence electrons. The molecule has 1 heterocycles. The van der Waals surface area contributed by atoms with Crippen molar-refractivity contribution in [3.8, 4) is 0 Å². The summed E-state index contributed by atoms with van der Waals surface area (Å²) in [6.45, 7) is 5.22. The number of nitrogens with two attached hydrogens (primary N) is 1. The molecule has 7 nitrogen and oxygen atoms in total. The number of carbonyl (C=O) groups is 2. The van der Waals surface area contributed by atoms with Crippen LogP contribution in [0.25, 0.3) is 0 Å². The van der Waals surface area contributed by atoms with E-state index in [0.29, 0.717) is 23.1 Å². The number of carbonyl (C=O) groups excluding carboxylic acids is 2. The van der Waals surface area contributed by atoms with Crippen LogP contribution < -0.4 is 16.4 Å². The maximum absolute atomic E-state index is 12.2. The standard InChI is InChI=1S/C12H21N5O2S/c1-4-6-15-8(18)7-17(3)11(19)9-10(13)16-12(20-9)14-5-2/h4-7,13H2,1-3H3,(H,14,16)(H,15,18). The van der Waals surface area contributed by atoms with E-state index in [1.807, 2.05) is 13.8 Å². The van der Waals surface area contributed by atoms with E-state index >= 15 is 0 Å². The van der Waals surface area contributed by atoms with E-state index in [9.17, 15) is 9.59 Å². The summed E-state index contributed by atoms with van der Waals surface area (Å²) in [4.78, 5) is 29.5. The molecule has 0 bridgehead atoms. The molecular weight excluding hydrogens is 278 g/mol. The number of hydrogen-bond acceptors (Lipinski definition) is 6. The van der Waals surface area contributed by atoms with Gasteiger partial charge in [-0.15, -0.1) is 0 Å². The Balaban J connectivity index is 2.66. The van der Waals surface area contributed by atoms with Gasteiger partial charge in [-0.1, -0.05) is 18.3 Å². The van der Waals surface area contributed by atoms with Crippen molar-refractivity contribution in [1.82, 2.24) is 15.2 Å². The molecule has 0 saturated carbocycles. The number of amides is 2. The molecule has 0 aliphatic carbocycles.